The molecule has 5 nitrogen and oxygen atoms in total. The first-order valence-electron chi connectivity index (χ1n) is 7.76. The molecule has 1 fully saturated rings. The van der Waals surface area contributed by atoms with Crippen LogP contribution < -0.4 is 4.90 Å². The molecule has 116 valence electrons. The Balaban J connectivity index is 1.67. The first-order valence-corrected chi connectivity index (χ1v) is 7.76. The molecule has 0 spiro atoms. The molecular formula is C18H18N3O2+. The van der Waals surface area contributed by atoms with Crippen molar-refractivity contribution in [1.82, 2.24) is 0 Å². The summed E-state index contributed by atoms with van der Waals surface area (Å²) >= 11 is 0. The Morgan fingerprint density at radius 3 is 2.30 bits per heavy atom. The zero-order valence-electron chi connectivity index (χ0n) is 13.1. The summed E-state index contributed by atoms with van der Waals surface area (Å²) in [6, 6.07) is 17.9. The lowest BCUT2D eigenvalue weighted by Crippen LogP contribution is -3.02. The van der Waals surface area contributed by atoms with E-state index in [-0.39, 0.29) is 16.3 Å². The van der Waals surface area contributed by atoms with Crippen molar-refractivity contribution in [1.29, 1.82) is 0 Å². The van der Waals surface area contributed by atoms with Gasteiger partial charge in [0, 0.05) is 37.1 Å². The highest BCUT2D eigenvalue weighted by Gasteiger charge is 2.68. The lowest BCUT2D eigenvalue weighted by Gasteiger charge is -2.16. The molecule has 2 aliphatic rings. The molecule has 0 saturated carbocycles. The third-order valence-electron chi connectivity index (χ3n) is 4.83. The smallest absolute Gasteiger partial charge is 0.269 e. The van der Waals surface area contributed by atoms with Crippen LogP contribution in [0.25, 0.3) is 0 Å². The summed E-state index contributed by atoms with van der Waals surface area (Å²) in [5.41, 5.74) is 3.44. The van der Waals surface area contributed by atoms with E-state index in [0.717, 1.165) is 11.3 Å². The van der Waals surface area contributed by atoms with Gasteiger partial charge in [-0.2, -0.15) is 0 Å². The predicted molar refractivity (Wildman–Crippen MR) is 87.6 cm³/mol. The van der Waals surface area contributed by atoms with Crippen molar-refractivity contribution in [2.45, 2.75) is 31.6 Å². The van der Waals surface area contributed by atoms with Gasteiger partial charge in [-0.15, -0.1) is 0 Å². The van der Waals surface area contributed by atoms with Crippen LogP contribution >= 0.6 is 0 Å². The van der Waals surface area contributed by atoms with Crippen molar-refractivity contribution in [3.63, 3.8) is 0 Å². The van der Waals surface area contributed by atoms with Gasteiger partial charge < -0.3 is 0 Å². The fourth-order valence-electron chi connectivity index (χ4n) is 3.79. The molecule has 2 aliphatic heterocycles. The standard InChI is InChI=1S/C18H17N3O2/c1-18(2)19-15(12-6-4-3-5-7-12)17-16(20(17)18)13-8-10-14(11-9-13)21(22)23/h3-11,16-17H,1-2H3/p+1/t16-,17+,20?/m0/s1. The van der Waals surface area contributed by atoms with E-state index < -0.39 is 0 Å². The Morgan fingerprint density at radius 1 is 1.04 bits per heavy atom. The number of quaternary nitrogens is 1. The molecule has 4 rings (SSSR count). The minimum Gasteiger partial charge on any atom is -0.288 e. The number of rotatable bonds is 3. The molecule has 3 atom stereocenters. The molecule has 23 heavy (non-hydrogen) atoms. The number of benzene rings is 2. The molecule has 1 N–H and O–H groups in total. The van der Waals surface area contributed by atoms with Crippen molar-refractivity contribution in [2.75, 3.05) is 0 Å². The van der Waals surface area contributed by atoms with Gasteiger partial charge in [-0.25, -0.2) is 4.99 Å². The normalized spacial score (nSPS) is 27.2. The van der Waals surface area contributed by atoms with E-state index in [1.165, 1.54) is 10.5 Å². The number of nitro groups is 1. The van der Waals surface area contributed by atoms with Crippen LogP contribution in [0, 0.1) is 10.1 Å². The van der Waals surface area contributed by atoms with E-state index in [1.807, 2.05) is 30.3 Å². The van der Waals surface area contributed by atoms with E-state index in [2.05, 4.69) is 26.0 Å². The minimum absolute atomic E-state index is 0.140. The molecule has 0 aromatic heterocycles. The Labute approximate surface area is 134 Å². The lowest BCUT2D eigenvalue weighted by molar-refractivity contribution is -0.837. The SMILES string of the molecule is CC1(C)N=C(c2ccccc2)[C@@H]2[C@H](c3ccc([N+](=O)[O-])cc3)[NH+]21. The van der Waals surface area contributed by atoms with Gasteiger partial charge in [-0.1, -0.05) is 30.3 Å². The van der Waals surface area contributed by atoms with Gasteiger partial charge in [0.25, 0.3) is 5.69 Å². The third kappa shape index (κ3) is 2.16. The summed E-state index contributed by atoms with van der Waals surface area (Å²) in [5.74, 6) is 0. The summed E-state index contributed by atoms with van der Waals surface area (Å²) in [6.45, 7) is 4.30. The number of non-ortho nitro benzene ring substituents is 1. The highest BCUT2D eigenvalue weighted by atomic mass is 16.6. The average Bonchev–Trinajstić information content (AvgIpc) is 3.23. The second-order valence-corrected chi connectivity index (χ2v) is 6.68. The maximum atomic E-state index is 10.8. The first kappa shape index (κ1) is 14.1. The largest absolute Gasteiger partial charge is 0.288 e. The van der Waals surface area contributed by atoms with Gasteiger partial charge in [0.2, 0.25) is 0 Å². The van der Waals surface area contributed by atoms with Gasteiger partial charge in [-0.3, -0.25) is 15.0 Å². The zero-order valence-corrected chi connectivity index (χ0v) is 13.1. The Hall–Kier alpha value is -2.53. The van der Waals surface area contributed by atoms with Gasteiger partial charge in [-0.05, 0) is 12.1 Å². The second kappa shape index (κ2) is 4.73. The molecule has 1 unspecified atom stereocenters. The second-order valence-electron chi connectivity index (χ2n) is 6.68. The summed E-state index contributed by atoms with van der Waals surface area (Å²) in [6.07, 6.45) is 0. The van der Waals surface area contributed by atoms with Gasteiger partial charge >= 0.3 is 0 Å². The van der Waals surface area contributed by atoms with Crippen LogP contribution in [0.5, 0.6) is 0 Å². The highest BCUT2D eigenvalue weighted by molar-refractivity contribution is 6.06. The van der Waals surface area contributed by atoms with Crippen LogP contribution in [-0.4, -0.2) is 22.3 Å². The van der Waals surface area contributed by atoms with Crippen LogP contribution in [0.1, 0.15) is 31.0 Å². The molecule has 2 heterocycles. The number of hydrogen-bond acceptors (Lipinski definition) is 3. The topological polar surface area (TPSA) is 59.9 Å². The zero-order chi connectivity index (χ0) is 16.2. The van der Waals surface area contributed by atoms with Gasteiger partial charge in [0.15, 0.2) is 17.7 Å². The van der Waals surface area contributed by atoms with E-state index >= 15 is 0 Å². The van der Waals surface area contributed by atoms with Crippen molar-refractivity contribution in [2.24, 2.45) is 4.99 Å². The fraction of sp³-hybridized carbons (Fsp3) is 0.278. The lowest BCUT2D eigenvalue weighted by atomic mass is 10.0. The number of nitrogens with zero attached hydrogens (tertiary/aromatic N) is 2. The van der Waals surface area contributed by atoms with Crippen LogP contribution in [0.3, 0.4) is 0 Å². The minimum atomic E-state index is -0.356. The number of aliphatic imine (C=N–C) groups is 1. The van der Waals surface area contributed by atoms with Crippen molar-refractivity contribution in [3.05, 3.63) is 75.8 Å². The van der Waals surface area contributed by atoms with Crippen molar-refractivity contribution in [3.8, 4) is 0 Å². The quantitative estimate of drug-likeness (QED) is 0.536. The molecule has 5 heteroatoms. The number of nitro benzene ring substituents is 1. The highest BCUT2D eigenvalue weighted by Crippen LogP contribution is 2.35. The van der Waals surface area contributed by atoms with E-state index in [9.17, 15) is 10.1 Å². The van der Waals surface area contributed by atoms with Crippen LogP contribution in [0.4, 0.5) is 5.69 Å². The Bertz CT molecular complexity index is 797. The van der Waals surface area contributed by atoms with Crippen molar-refractivity contribution >= 4 is 11.4 Å². The Kier molecular flexibility index (Phi) is 2.90. The maximum Gasteiger partial charge on any atom is 0.269 e. The predicted octanol–water partition coefficient (Wildman–Crippen LogP) is 2.14. The number of fused-ring (bicyclic) bond motifs is 1. The molecule has 0 bridgehead atoms. The molecule has 0 radical (unpaired) electrons. The van der Waals surface area contributed by atoms with Gasteiger partial charge in [0.05, 0.1) is 4.92 Å². The van der Waals surface area contributed by atoms with Crippen molar-refractivity contribution < 1.29 is 9.82 Å². The van der Waals surface area contributed by atoms with Crippen LogP contribution in [0.2, 0.25) is 0 Å². The summed E-state index contributed by atoms with van der Waals surface area (Å²) < 4.78 is 0. The summed E-state index contributed by atoms with van der Waals surface area (Å²) in [7, 11) is 0. The van der Waals surface area contributed by atoms with E-state index in [0.29, 0.717) is 12.1 Å². The average molecular weight is 308 g/mol. The fourth-order valence-corrected chi connectivity index (χ4v) is 3.79. The number of nitrogens with one attached hydrogen (secondary N) is 1. The molecule has 2 aromatic rings. The van der Waals surface area contributed by atoms with Gasteiger partial charge in [0.1, 0.15) is 5.71 Å². The first-order chi connectivity index (χ1) is 11.0. The van der Waals surface area contributed by atoms with E-state index in [4.69, 9.17) is 4.99 Å². The molecule has 0 amide bonds. The molecule has 1 saturated heterocycles. The molecule has 0 aliphatic carbocycles. The van der Waals surface area contributed by atoms with E-state index in [1.54, 1.807) is 12.1 Å². The summed E-state index contributed by atoms with van der Waals surface area (Å²) in [5, 5.41) is 10.8. The molecular weight excluding hydrogens is 290 g/mol. The van der Waals surface area contributed by atoms with Crippen LogP contribution in [0.15, 0.2) is 59.6 Å². The van der Waals surface area contributed by atoms with Crippen LogP contribution in [-0.2, 0) is 0 Å². The third-order valence-corrected chi connectivity index (χ3v) is 4.83. The Morgan fingerprint density at radius 2 is 1.70 bits per heavy atom. The maximum absolute atomic E-state index is 10.8. The summed E-state index contributed by atoms with van der Waals surface area (Å²) in [4.78, 5) is 16.8. The molecule has 2 aromatic carbocycles. The number of hydrogen-bond donors (Lipinski definition) is 1. The monoisotopic (exact) mass is 308 g/mol.